The molecule has 2 aliphatic rings. The van der Waals surface area contributed by atoms with E-state index in [2.05, 4.69) is 15.3 Å². The number of amides is 2. The van der Waals surface area contributed by atoms with Gasteiger partial charge in [0.25, 0.3) is 0 Å². The maximum atomic E-state index is 13.1. The number of fused-ring (bicyclic) bond motifs is 1. The van der Waals surface area contributed by atoms with Gasteiger partial charge in [-0.1, -0.05) is 19.1 Å². The van der Waals surface area contributed by atoms with Gasteiger partial charge >= 0.3 is 0 Å². The Morgan fingerprint density at radius 2 is 1.97 bits per heavy atom. The third-order valence-corrected chi connectivity index (χ3v) is 6.18. The van der Waals surface area contributed by atoms with E-state index in [4.69, 9.17) is 11.5 Å². The molecule has 6 N–H and O–H groups in total. The molecule has 4 rings (SSSR count). The summed E-state index contributed by atoms with van der Waals surface area (Å²) in [5, 5.41) is 12.3. The monoisotopic (exact) mass is 462 g/mol. The molecular formula is C25H30N6O3. The normalized spacial score (nSPS) is 15.9. The fourth-order valence-electron chi connectivity index (χ4n) is 4.28. The Bertz CT molecular complexity index is 1160. The van der Waals surface area contributed by atoms with Gasteiger partial charge < -0.3 is 26.8 Å². The van der Waals surface area contributed by atoms with E-state index in [1.54, 1.807) is 17.2 Å². The van der Waals surface area contributed by atoms with Crippen molar-refractivity contribution in [2.24, 2.45) is 10.7 Å². The number of amidine groups is 1. The maximum absolute atomic E-state index is 13.1. The number of aliphatic hydroxyl groups excluding tert-OH is 1. The molecule has 0 unspecified atom stereocenters. The van der Waals surface area contributed by atoms with Gasteiger partial charge in [0.15, 0.2) is 0 Å². The van der Waals surface area contributed by atoms with Crippen molar-refractivity contribution in [2.45, 2.75) is 38.0 Å². The number of aliphatic imine (C=N–C) groups is 1. The lowest BCUT2D eigenvalue weighted by Crippen LogP contribution is -2.36. The molecule has 0 spiro atoms. The molecule has 1 aliphatic carbocycles. The molecule has 1 aromatic heterocycles. The minimum atomic E-state index is -0.641. The molecule has 0 saturated heterocycles. The van der Waals surface area contributed by atoms with Crippen LogP contribution in [0, 0.1) is 0 Å². The zero-order valence-electron chi connectivity index (χ0n) is 19.3. The highest BCUT2D eigenvalue weighted by atomic mass is 16.3. The Balaban J connectivity index is 1.61. The van der Waals surface area contributed by atoms with E-state index in [1.807, 2.05) is 31.2 Å². The average molecular weight is 463 g/mol. The second kappa shape index (κ2) is 9.64. The molecule has 0 atom stereocenters. The van der Waals surface area contributed by atoms with Gasteiger partial charge in [0.05, 0.1) is 35.3 Å². The van der Waals surface area contributed by atoms with Crippen molar-refractivity contribution in [3.63, 3.8) is 0 Å². The third-order valence-electron chi connectivity index (χ3n) is 6.18. The van der Waals surface area contributed by atoms with Crippen LogP contribution < -0.4 is 16.8 Å². The fraction of sp³-hybridized carbons (Fsp3) is 0.360. The third kappa shape index (κ3) is 4.79. The molecule has 1 aromatic carbocycles. The molecule has 1 fully saturated rings. The lowest BCUT2D eigenvalue weighted by Gasteiger charge is -2.22. The van der Waals surface area contributed by atoms with Crippen LogP contribution in [0.2, 0.25) is 0 Å². The van der Waals surface area contributed by atoms with Crippen LogP contribution in [0.4, 0.5) is 17.1 Å². The smallest absolute Gasteiger partial charge is 0.250 e. The quantitative estimate of drug-likeness (QED) is 0.473. The van der Waals surface area contributed by atoms with Crippen molar-refractivity contribution in [1.82, 2.24) is 9.88 Å². The highest BCUT2D eigenvalue weighted by Gasteiger charge is 2.51. The summed E-state index contributed by atoms with van der Waals surface area (Å²) in [6.45, 7) is 2.71. The first-order valence-corrected chi connectivity index (χ1v) is 11.5. The van der Waals surface area contributed by atoms with Gasteiger partial charge in [-0.3, -0.25) is 14.6 Å². The highest BCUT2D eigenvalue weighted by molar-refractivity contribution is 6.06. The van der Waals surface area contributed by atoms with E-state index in [9.17, 15) is 14.7 Å². The molecule has 9 nitrogen and oxygen atoms in total. The van der Waals surface area contributed by atoms with Crippen molar-refractivity contribution in [2.75, 3.05) is 30.7 Å². The summed E-state index contributed by atoms with van der Waals surface area (Å²) in [6, 6.07) is 7.35. The maximum Gasteiger partial charge on any atom is 0.250 e. The molecule has 178 valence electrons. The fourth-order valence-corrected chi connectivity index (χ4v) is 4.28. The van der Waals surface area contributed by atoms with Crippen LogP contribution in [0.1, 0.15) is 43.7 Å². The lowest BCUT2D eigenvalue weighted by atomic mass is 9.92. The molecule has 1 aliphatic heterocycles. The van der Waals surface area contributed by atoms with E-state index in [-0.39, 0.29) is 31.4 Å². The number of nitrogens with zero attached hydrogens (tertiary/aromatic N) is 3. The van der Waals surface area contributed by atoms with E-state index in [0.717, 1.165) is 30.4 Å². The van der Waals surface area contributed by atoms with E-state index >= 15 is 0 Å². The van der Waals surface area contributed by atoms with Crippen molar-refractivity contribution < 1.29 is 14.7 Å². The molecule has 34 heavy (non-hydrogen) atoms. The summed E-state index contributed by atoms with van der Waals surface area (Å²) >= 11 is 0. The summed E-state index contributed by atoms with van der Waals surface area (Å²) < 4.78 is 0. The van der Waals surface area contributed by atoms with Crippen molar-refractivity contribution in [3.05, 3.63) is 53.4 Å². The molecule has 0 radical (unpaired) electrons. The van der Waals surface area contributed by atoms with Gasteiger partial charge in [0.2, 0.25) is 11.8 Å². The summed E-state index contributed by atoms with van der Waals surface area (Å²) in [5.41, 5.74) is 15.1. The second-order valence-electron chi connectivity index (χ2n) is 8.78. The minimum Gasteiger partial charge on any atom is -0.397 e. The molecule has 9 heteroatoms. The van der Waals surface area contributed by atoms with Crippen molar-refractivity contribution >= 4 is 40.8 Å². The largest absolute Gasteiger partial charge is 0.397 e. The number of nitrogens with two attached hydrogens (primary N) is 2. The Hall–Kier alpha value is -3.72. The molecule has 2 heterocycles. The number of benzene rings is 1. The number of pyridine rings is 1. The first kappa shape index (κ1) is 23.4. The van der Waals surface area contributed by atoms with Crippen LogP contribution in [0.3, 0.4) is 0 Å². The van der Waals surface area contributed by atoms with Crippen LogP contribution in [-0.4, -0.2) is 52.3 Å². The van der Waals surface area contributed by atoms with Crippen LogP contribution in [-0.2, 0) is 15.0 Å². The summed E-state index contributed by atoms with van der Waals surface area (Å²) in [4.78, 5) is 36.4. The zero-order valence-corrected chi connectivity index (χ0v) is 19.3. The van der Waals surface area contributed by atoms with Crippen molar-refractivity contribution in [3.8, 4) is 0 Å². The number of carbonyl (C=O) groups is 2. The summed E-state index contributed by atoms with van der Waals surface area (Å²) in [5.74, 6) is 0.0619. The first-order chi connectivity index (χ1) is 16.4. The topological polar surface area (TPSA) is 147 Å². The minimum absolute atomic E-state index is 0.0989. The standard InChI is InChI=1S/C25H30N6O3/c1-2-7-31(8-9-32)23(33)17-10-16-3-4-18(12-21(16)30-22(27)11-17)25(5-6-25)24(34)29-20-13-19(26)14-28-15-20/h3-4,10,12-15,32H,2,5-9,11,26H2,1H3,(H2,27,30)(H,29,34). The predicted molar refractivity (Wildman–Crippen MR) is 132 cm³/mol. The Morgan fingerprint density at radius 3 is 2.65 bits per heavy atom. The number of nitrogen functional groups attached to an aromatic ring is 1. The average Bonchev–Trinajstić information content (AvgIpc) is 3.62. The van der Waals surface area contributed by atoms with E-state index in [0.29, 0.717) is 35.0 Å². The number of rotatable bonds is 8. The number of hydrogen-bond acceptors (Lipinski definition) is 7. The number of hydrogen-bond donors (Lipinski definition) is 4. The van der Waals surface area contributed by atoms with Gasteiger partial charge in [-0.05, 0) is 43.0 Å². The van der Waals surface area contributed by atoms with Crippen LogP contribution in [0.25, 0.3) is 6.08 Å². The number of aliphatic hydroxyl groups is 1. The summed E-state index contributed by atoms with van der Waals surface area (Å²) in [6.07, 6.45) is 7.35. The molecular weight excluding hydrogens is 432 g/mol. The van der Waals surface area contributed by atoms with Gasteiger partial charge in [-0.25, -0.2) is 4.99 Å². The molecule has 0 bridgehead atoms. The Labute approximate surface area is 198 Å². The van der Waals surface area contributed by atoms with Gasteiger partial charge in [-0.2, -0.15) is 0 Å². The van der Waals surface area contributed by atoms with E-state index < -0.39 is 5.41 Å². The van der Waals surface area contributed by atoms with Gasteiger partial charge in [0.1, 0.15) is 5.84 Å². The van der Waals surface area contributed by atoms with Crippen LogP contribution >= 0.6 is 0 Å². The Morgan fingerprint density at radius 1 is 1.18 bits per heavy atom. The van der Waals surface area contributed by atoms with Gasteiger partial charge in [0, 0.05) is 36.8 Å². The van der Waals surface area contributed by atoms with Crippen molar-refractivity contribution in [1.29, 1.82) is 0 Å². The van der Waals surface area contributed by atoms with Crippen LogP contribution in [0.5, 0.6) is 0 Å². The number of anilines is 2. The molecule has 2 aromatic rings. The van der Waals surface area contributed by atoms with E-state index in [1.165, 1.54) is 6.20 Å². The SMILES string of the molecule is CCCN(CCO)C(=O)C1=Cc2ccc(C3(C(=O)Nc4cncc(N)c4)CC3)cc2N=C(N)C1. The Kier molecular flexibility index (Phi) is 6.65. The second-order valence-corrected chi connectivity index (χ2v) is 8.78. The molecule has 2 amide bonds. The molecule has 1 saturated carbocycles. The predicted octanol–water partition coefficient (Wildman–Crippen LogP) is 2.34. The number of carbonyl (C=O) groups excluding carboxylic acids is 2. The van der Waals surface area contributed by atoms with Gasteiger partial charge in [-0.15, -0.1) is 0 Å². The highest BCUT2D eigenvalue weighted by Crippen LogP contribution is 2.50. The summed E-state index contributed by atoms with van der Waals surface area (Å²) in [7, 11) is 0. The number of aromatic nitrogens is 1. The first-order valence-electron chi connectivity index (χ1n) is 11.5. The van der Waals surface area contributed by atoms with Crippen LogP contribution in [0.15, 0.2) is 47.2 Å². The zero-order chi connectivity index (χ0) is 24.3. The number of nitrogens with one attached hydrogen (secondary N) is 1. The lowest BCUT2D eigenvalue weighted by molar-refractivity contribution is -0.127.